The van der Waals surface area contributed by atoms with Gasteiger partial charge in [0.05, 0.1) is 11.0 Å². The molecule has 0 saturated heterocycles. The molecular formula is C50H44N8O2+2. The molecule has 0 aliphatic rings. The van der Waals surface area contributed by atoms with Crippen molar-refractivity contribution in [2.75, 3.05) is 10.0 Å². The minimum Gasteiger partial charge on any atom is -0.457 e. The van der Waals surface area contributed by atoms with Crippen molar-refractivity contribution in [2.24, 2.45) is 11.5 Å². The van der Waals surface area contributed by atoms with Crippen molar-refractivity contribution < 1.29 is 18.8 Å². The Kier molecular flexibility index (Phi) is 11.0. The van der Waals surface area contributed by atoms with Gasteiger partial charge in [0.25, 0.3) is 0 Å². The zero-order valence-electron chi connectivity index (χ0n) is 33.0. The summed E-state index contributed by atoms with van der Waals surface area (Å²) in [6, 6.07) is 56.5. The van der Waals surface area contributed by atoms with Gasteiger partial charge in [-0.2, -0.15) is 0 Å². The van der Waals surface area contributed by atoms with Crippen LogP contribution in [0.3, 0.4) is 0 Å². The second-order valence-corrected chi connectivity index (χ2v) is 14.4. The molecule has 0 fully saturated rings. The Bertz CT molecular complexity index is 2700. The normalized spacial score (nSPS) is 11.1. The molecule has 10 heteroatoms. The van der Waals surface area contributed by atoms with Crippen LogP contribution in [-0.2, 0) is 26.2 Å². The number of rotatable bonds is 14. The number of fused-ring (bicyclic) bond motifs is 2. The predicted octanol–water partition coefficient (Wildman–Crippen LogP) is 8.80. The summed E-state index contributed by atoms with van der Waals surface area (Å²) < 4.78 is 17.1. The maximum atomic E-state index is 6.53. The van der Waals surface area contributed by atoms with E-state index in [0.29, 0.717) is 49.2 Å². The van der Waals surface area contributed by atoms with E-state index in [2.05, 4.69) is 46.4 Å². The van der Waals surface area contributed by atoms with Crippen LogP contribution in [0.5, 0.6) is 23.0 Å². The largest absolute Gasteiger partial charge is 0.457 e. The zero-order chi connectivity index (χ0) is 40.7. The van der Waals surface area contributed by atoms with E-state index in [1.165, 1.54) is 0 Å². The van der Waals surface area contributed by atoms with E-state index in [4.69, 9.17) is 30.9 Å². The van der Waals surface area contributed by atoms with Gasteiger partial charge in [0.2, 0.25) is 0 Å². The van der Waals surface area contributed by atoms with Gasteiger partial charge in [-0.15, -0.1) is 10.0 Å². The van der Waals surface area contributed by atoms with E-state index in [-0.39, 0.29) is 0 Å². The summed E-state index contributed by atoms with van der Waals surface area (Å²) in [5.41, 5.74) is 18.3. The molecule has 0 aliphatic carbocycles. The van der Waals surface area contributed by atoms with Crippen molar-refractivity contribution in [1.29, 1.82) is 0 Å². The molecule has 0 aliphatic heterocycles. The van der Waals surface area contributed by atoms with Crippen LogP contribution in [0.2, 0.25) is 0 Å². The Morgan fingerprint density at radius 1 is 0.400 bits per heavy atom. The van der Waals surface area contributed by atoms with Crippen LogP contribution in [0, 0.1) is 0 Å². The lowest BCUT2D eigenvalue weighted by atomic mass is 10.1. The van der Waals surface area contributed by atoms with Gasteiger partial charge < -0.3 is 20.9 Å². The number of hydrogen-bond donors (Lipinski definition) is 2. The third kappa shape index (κ3) is 8.75. The summed E-state index contributed by atoms with van der Waals surface area (Å²) in [7, 11) is 0. The van der Waals surface area contributed by atoms with Gasteiger partial charge in [0.1, 0.15) is 36.1 Å². The minimum atomic E-state index is 0.358. The fourth-order valence-corrected chi connectivity index (χ4v) is 7.27. The summed E-state index contributed by atoms with van der Waals surface area (Å²) in [5.74, 6) is 4.22. The van der Waals surface area contributed by atoms with Gasteiger partial charge in [-0.3, -0.25) is 0 Å². The monoisotopic (exact) mass is 788 g/mol. The first kappa shape index (κ1) is 37.9. The lowest BCUT2D eigenvalue weighted by molar-refractivity contribution is -0.686. The van der Waals surface area contributed by atoms with E-state index >= 15 is 0 Å². The second-order valence-electron chi connectivity index (χ2n) is 14.4. The Labute approximate surface area is 348 Å². The summed E-state index contributed by atoms with van der Waals surface area (Å²) >= 11 is 0. The lowest BCUT2D eigenvalue weighted by Gasteiger charge is -2.19. The fourth-order valence-electron chi connectivity index (χ4n) is 7.27. The van der Waals surface area contributed by atoms with Crippen LogP contribution >= 0.6 is 0 Å². The summed E-state index contributed by atoms with van der Waals surface area (Å²) in [5, 5.41) is 6.42. The van der Waals surface area contributed by atoms with Crippen molar-refractivity contribution in [3.05, 3.63) is 217 Å². The molecule has 9 aromatic rings. The highest BCUT2D eigenvalue weighted by Crippen LogP contribution is 2.32. The first-order chi connectivity index (χ1) is 29.6. The highest BCUT2D eigenvalue weighted by molar-refractivity contribution is 5.81. The Balaban J connectivity index is 0.968. The molecule has 4 aromatic heterocycles. The number of pyridine rings is 4. The number of para-hydroxylation sites is 2. The van der Waals surface area contributed by atoms with Gasteiger partial charge >= 0.3 is 0 Å². The summed E-state index contributed by atoms with van der Waals surface area (Å²) in [6.07, 6.45) is 8.05. The molecule has 0 spiro atoms. The van der Waals surface area contributed by atoms with Crippen molar-refractivity contribution in [2.45, 2.75) is 26.2 Å². The van der Waals surface area contributed by atoms with Crippen molar-refractivity contribution >= 4 is 33.4 Å². The molecule has 10 nitrogen and oxygen atoms in total. The first-order valence-corrected chi connectivity index (χ1v) is 19.9. The highest BCUT2D eigenvalue weighted by Gasteiger charge is 2.21. The molecule has 0 saturated carbocycles. The van der Waals surface area contributed by atoms with Gasteiger partial charge in [-0.1, -0.05) is 76.1 Å². The molecule has 4 N–H and O–H groups in total. The number of benzene rings is 5. The summed E-state index contributed by atoms with van der Waals surface area (Å²) in [4.78, 5) is 10.0. The topological polar surface area (TPSA) is 111 Å². The fraction of sp³-hybridized carbons (Fsp3) is 0.0800. The number of anilines is 2. The van der Waals surface area contributed by atoms with Crippen LogP contribution in [0.1, 0.15) is 22.3 Å². The number of nitrogens with two attached hydrogens (primary N) is 2. The molecule has 0 amide bonds. The van der Waals surface area contributed by atoms with Crippen molar-refractivity contribution in [3.8, 4) is 23.0 Å². The van der Waals surface area contributed by atoms with Crippen molar-refractivity contribution in [1.82, 2.24) is 9.97 Å². The standard InChI is InChI=1S/C50H44N8O2/c51-33-37-26-39(35-57(55-22-7-1-8-23-55)49-20-18-41-12-3-5-16-47(41)53-49)30-45(28-37)59-43-14-11-15-44(32-43)60-46-29-38(34-52)27-40(31-46)36-58(56-24-9-2-10-25-56)50-21-19-42-13-4-6-17-48(42)54-50/h1-32H,33-36,51-52H2/q+2. The van der Waals surface area contributed by atoms with E-state index in [1.807, 2.05) is 168 Å². The molecule has 294 valence electrons. The smallest absolute Gasteiger partial charge is 0.200 e. The van der Waals surface area contributed by atoms with Gasteiger partial charge in [0.15, 0.2) is 36.4 Å². The average Bonchev–Trinajstić information content (AvgIpc) is 3.30. The molecule has 9 rings (SSSR count). The van der Waals surface area contributed by atoms with Crippen LogP contribution < -0.4 is 40.3 Å². The SMILES string of the molecule is NCc1cc(CN(c2ccc3ccccc3n2)[n+]2ccccc2)cc(Oc2cccc(Oc3cc(CN)cc(CN(c4ccc5ccccc5n4)[n+]4ccccc4)c3)c2)c1. The van der Waals surface area contributed by atoms with Crippen LogP contribution in [0.4, 0.5) is 11.6 Å². The number of aromatic nitrogens is 4. The highest BCUT2D eigenvalue weighted by atomic mass is 16.5. The Hall–Kier alpha value is -7.66. The quantitative estimate of drug-likeness (QED) is 0.105. The third-order valence-electron chi connectivity index (χ3n) is 10.1. The molecule has 4 heterocycles. The van der Waals surface area contributed by atoms with Crippen LogP contribution in [0.25, 0.3) is 21.8 Å². The number of ether oxygens (including phenoxy) is 2. The molecule has 0 radical (unpaired) electrons. The van der Waals surface area contributed by atoms with Gasteiger partial charge in [-0.25, -0.2) is 9.97 Å². The molecule has 5 aromatic carbocycles. The average molecular weight is 789 g/mol. The molecule has 60 heavy (non-hydrogen) atoms. The molecular weight excluding hydrogens is 745 g/mol. The molecule has 0 atom stereocenters. The Morgan fingerprint density at radius 3 is 1.28 bits per heavy atom. The Morgan fingerprint density at radius 2 is 0.833 bits per heavy atom. The minimum absolute atomic E-state index is 0.358. The van der Waals surface area contributed by atoms with E-state index in [9.17, 15) is 0 Å². The second kappa shape index (κ2) is 17.5. The first-order valence-electron chi connectivity index (χ1n) is 19.9. The lowest BCUT2D eigenvalue weighted by Crippen LogP contribution is -2.53. The van der Waals surface area contributed by atoms with Gasteiger partial charge in [0, 0.05) is 54.2 Å². The maximum absolute atomic E-state index is 6.53. The van der Waals surface area contributed by atoms with Crippen molar-refractivity contribution in [3.63, 3.8) is 0 Å². The van der Waals surface area contributed by atoms with Crippen LogP contribution in [0.15, 0.2) is 195 Å². The maximum Gasteiger partial charge on any atom is 0.200 e. The van der Waals surface area contributed by atoms with E-state index in [0.717, 1.165) is 55.7 Å². The van der Waals surface area contributed by atoms with E-state index in [1.54, 1.807) is 0 Å². The number of hydrogen-bond acceptors (Lipinski definition) is 8. The predicted molar refractivity (Wildman–Crippen MR) is 235 cm³/mol. The third-order valence-corrected chi connectivity index (χ3v) is 10.1. The number of nitrogens with zero attached hydrogens (tertiary/aromatic N) is 6. The zero-order valence-corrected chi connectivity index (χ0v) is 33.0. The molecule has 0 bridgehead atoms. The molecule has 0 unspecified atom stereocenters. The van der Waals surface area contributed by atoms with Gasteiger partial charge in [-0.05, 0) is 95.1 Å². The van der Waals surface area contributed by atoms with E-state index < -0.39 is 0 Å². The summed E-state index contributed by atoms with van der Waals surface area (Å²) in [6.45, 7) is 1.75. The van der Waals surface area contributed by atoms with Crippen LogP contribution in [-0.4, -0.2) is 9.97 Å².